The molecule has 0 saturated heterocycles. The number of hydrogen-bond donors (Lipinski definition) is 0. The third kappa shape index (κ3) is 3.30. The minimum Gasteiger partial charge on any atom is -0.349 e. The molecule has 1 aromatic rings. The molecule has 1 aromatic heterocycles. The van der Waals surface area contributed by atoms with E-state index in [9.17, 15) is 8.42 Å². The molecule has 0 bridgehead atoms. The Kier molecular flexibility index (Phi) is 4.35. The molecule has 0 aliphatic heterocycles. The second-order valence-corrected chi connectivity index (χ2v) is 8.40. The Morgan fingerprint density at radius 3 is 2.57 bits per heavy atom. The van der Waals surface area contributed by atoms with Crippen LogP contribution in [0.5, 0.6) is 0 Å². The first-order valence-electron chi connectivity index (χ1n) is 7.83. The highest BCUT2D eigenvalue weighted by Crippen LogP contribution is 2.38. The summed E-state index contributed by atoms with van der Waals surface area (Å²) in [5.41, 5.74) is 0.888. The SMILES string of the molecule is CCCn1cc(S(=O)(=O)N(CC2CC2)C2CC2)cc1CCl. The fraction of sp³-hybridized carbons (Fsp3) is 0.733. The molecule has 2 fully saturated rings. The van der Waals surface area contributed by atoms with E-state index in [1.165, 1.54) is 12.8 Å². The van der Waals surface area contributed by atoms with E-state index in [-0.39, 0.29) is 6.04 Å². The van der Waals surface area contributed by atoms with E-state index in [0.717, 1.165) is 31.5 Å². The Morgan fingerprint density at radius 2 is 2.05 bits per heavy atom. The molecule has 0 aromatic carbocycles. The molecule has 2 saturated carbocycles. The highest BCUT2D eigenvalue weighted by Gasteiger charge is 2.41. The molecule has 4 nitrogen and oxygen atoms in total. The largest absolute Gasteiger partial charge is 0.349 e. The molecule has 1 heterocycles. The van der Waals surface area contributed by atoms with Crippen molar-refractivity contribution in [1.29, 1.82) is 0 Å². The van der Waals surface area contributed by atoms with Crippen molar-refractivity contribution in [2.24, 2.45) is 5.92 Å². The Morgan fingerprint density at radius 1 is 1.33 bits per heavy atom. The van der Waals surface area contributed by atoms with Crippen LogP contribution in [0, 0.1) is 5.92 Å². The zero-order valence-electron chi connectivity index (χ0n) is 12.5. The van der Waals surface area contributed by atoms with Gasteiger partial charge in [-0.2, -0.15) is 4.31 Å². The second kappa shape index (κ2) is 5.94. The minimum absolute atomic E-state index is 0.226. The van der Waals surface area contributed by atoms with Crippen LogP contribution in [0.4, 0.5) is 0 Å². The zero-order chi connectivity index (χ0) is 15.0. The third-order valence-corrected chi connectivity index (χ3v) is 6.42. The lowest BCUT2D eigenvalue weighted by molar-refractivity contribution is 0.388. The number of halogens is 1. The van der Waals surface area contributed by atoms with Gasteiger partial charge in [0.2, 0.25) is 10.0 Å². The standard InChI is InChI=1S/C15H23ClN2O2S/c1-2-7-17-11-15(8-14(17)9-16)21(19,20)18(13-5-6-13)10-12-3-4-12/h8,11-13H,2-7,9-10H2,1H3. The van der Waals surface area contributed by atoms with Gasteiger partial charge in [0, 0.05) is 31.0 Å². The molecule has 0 spiro atoms. The van der Waals surface area contributed by atoms with Crippen molar-refractivity contribution in [3.8, 4) is 0 Å². The fourth-order valence-corrected chi connectivity index (χ4v) is 4.78. The van der Waals surface area contributed by atoms with E-state index in [1.807, 2.05) is 4.57 Å². The number of sulfonamides is 1. The number of hydrogen-bond acceptors (Lipinski definition) is 2. The quantitative estimate of drug-likeness (QED) is 0.687. The van der Waals surface area contributed by atoms with Gasteiger partial charge in [0.15, 0.2) is 0 Å². The Hall–Kier alpha value is -0.520. The van der Waals surface area contributed by atoms with Crippen LogP contribution in [-0.2, 0) is 22.4 Å². The van der Waals surface area contributed by atoms with E-state index >= 15 is 0 Å². The lowest BCUT2D eigenvalue weighted by Crippen LogP contribution is -2.34. The predicted octanol–water partition coefficient (Wildman–Crippen LogP) is 3.20. The molecule has 2 aliphatic carbocycles. The topological polar surface area (TPSA) is 42.3 Å². The maximum absolute atomic E-state index is 12.9. The van der Waals surface area contributed by atoms with Crippen LogP contribution in [0.15, 0.2) is 17.2 Å². The lowest BCUT2D eigenvalue weighted by atomic mass is 10.4. The third-order valence-electron chi connectivity index (χ3n) is 4.26. The highest BCUT2D eigenvalue weighted by molar-refractivity contribution is 7.89. The summed E-state index contributed by atoms with van der Waals surface area (Å²) < 4.78 is 29.6. The first-order valence-corrected chi connectivity index (χ1v) is 9.80. The lowest BCUT2D eigenvalue weighted by Gasteiger charge is -2.21. The van der Waals surface area contributed by atoms with Gasteiger partial charge in [-0.05, 0) is 44.1 Å². The Balaban J connectivity index is 1.88. The van der Waals surface area contributed by atoms with Gasteiger partial charge in [-0.1, -0.05) is 6.92 Å². The molecule has 0 unspecified atom stereocenters. The van der Waals surface area contributed by atoms with Crippen LogP contribution < -0.4 is 0 Å². The summed E-state index contributed by atoms with van der Waals surface area (Å²) in [4.78, 5) is 0.416. The maximum Gasteiger partial charge on any atom is 0.244 e. The number of aryl methyl sites for hydroxylation is 1. The van der Waals surface area contributed by atoms with Crippen molar-refractivity contribution in [2.45, 2.75) is 62.4 Å². The van der Waals surface area contributed by atoms with Crippen molar-refractivity contribution in [1.82, 2.24) is 8.87 Å². The van der Waals surface area contributed by atoms with Crippen LogP contribution in [0.1, 0.15) is 44.7 Å². The van der Waals surface area contributed by atoms with Crippen molar-refractivity contribution in [3.63, 3.8) is 0 Å². The first kappa shape index (κ1) is 15.4. The molecule has 3 rings (SSSR count). The zero-order valence-corrected chi connectivity index (χ0v) is 14.0. The van der Waals surface area contributed by atoms with Gasteiger partial charge in [0.1, 0.15) is 4.90 Å². The second-order valence-electron chi connectivity index (χ2n) is 6.24. The van der Waals surface area contributed by atoms with E-state index in [2.05, 4.69) is 6.92 Å². The molecule has 0 amide bonds. The van der Waals surface area contributed by atoms with Gasteiger partial charge < -0.3 is 4.57 Å². The summed E-state index contributed by atoms with van der Waals surface area (Å²) >= 11 is 5.95. The van der Waals surface area contributed by atoms with Crippen molar-refractivity contribution in [2.75, 3.05) is 6.54 Å². The number of rotatable bonds is 8. The van der Waals surface area contributed by atoms with Gasteiger partial charge in [0.25, 0.3) is 0 Å². The summed E-state index contributed by atoms with van der Waals surface area (Å²) in [6.45, 7) is 3.58. The molecule has 0 N–H and O–H groups in total. The van der Waals surface area contributed by atoms with E-state index in [0.29, 0.717) is 23.2 Å². The summed E-state index contributed by atoms with van der Waals surface area (Å²) in [6.07, 6.45) is 7.07. The van der Waals surface area contributed by atoms with E-state index < -0.39 is 10.0 Å². The Labute approximate surface area is 132 Å². The summed E-state index contributed by atoms with van der Waals surface area (Å²) in [5, 5.41) is 0. The predicted molar refractivity (Wildman–Crippen MR) is 83.9 cm³/mol. The maximum atomic E-state index is 12.9. The molecule has 21 heavy (non-hydrogen) atoms. The summed E-state index contributed by atoms with van der Waals surface area (Å²) in [6, 6.07) is 1.98. The smallest absolute Gasteiger partial charge is 0.244 e. The molecule has 0 radical (unpaired) electrons. The molecule has 6 heteroatoms. The Bertz CT molecular complexity index is 603. The van der Waals surface area contributed by atoms with Crippen LogP contribution in [0.3, 0.4) is 0 Å². The van der Waals surface area contributed by atoms with E-state index in [1.54, 1.807) is 16.6 Å². The first-order chi connectivity index (χ1) is 10.1. The van der Waals surface area contributed by atoms with E-state index in [4.69, 9.17) is 11.6 Å². The van der Waals surface area contributed by atoms with Gasteiger partial charge in [-0.3, -0.25) is 0 Å². The molecular formula is C15H23ClN2O2S. The van der Waals surface area contributed by atoms with Gasteiger partial charge >= 0.3 is 0 Å². The molecule has 0 atom stereocenters. The number of nitrogens with zero attached hydrogens (tertiary/aromatic N) is 2. The average molecular weight is 331 g/mol. The van der Waals surface area contributed by atoms with Crippen LogP contribution in [0.25, 0.3) is 0 Å². The molecular weight excluding hydrogens is 308 g/mol. The van der Waals surface area contributed by atoms with Gasteiger partial charge in [-0.15, -0.1) is 11.6 Å². The monoisotopic (exact) mass is 330 g/mol. The molecule has 118 valence electrons. The average Bonchev–Trinajstić information content (AvgIpc) is 3.35. The van der Waals surface area contributed by atoms with Gasteiger partial charge in [-0.25, -0.2) is 8.42 Å². The fourth-order valence-electron chi connectivity index (χ4n) is 2.72. The van der Waals surface area contributed by atoms with Crippen molar-refractivity contribution < 1.29 is 8.42 Å². The normalized spacial score (nSPS) is 19.4. The minimum atomic E-state index is -3.37. The number of alkyl halides is 1. The highest BCUT2D eigenvalue weighted by atomic mass is 35.5. The molecule has 2 aliphatic rings. The van der Waals surface area contributed by atoms with Gasteiger partial charge in [0.05, 0.1) is 5.88 Å². The van der Waals surface area contributed by atoms with Crippen LogP contribution >= 0.6 is 11.6 Å². The van der Waals surface area contributed by atoms with Crippen LogP contribution in [0.2, 0.25) is 0 Å². The summed E-state index contributed by atoms with van der Waals surface area (Å²) in [5.74, 6) is 0.923. The summed E-state index contributed by atoms with van der Waals surface area (Å²) in [7, 11) is -3.37. The van der Waals surface area contributed by atoms with Crippen molar-refractivity contribution >= 4 is 21.6 Å². The van der Waals surface area contributed by atoms with Crippen LogP contribution in [-0.4, -0.2) is 29.9 Å². The van der Waals surface area contributed by atoms with Crippen molar-refractivity contribution in [3.05, 3.63) is 18.0 Å². The number of aromatic nitrogens is 1.